The number of fused-ring (bicyclic) bond motifs is 1. The Hall–Kier alpha value is -2.76. The number of nitrogens with one attached hydrogen (secondary N) is 1. The standard InChI is InChI=1S/C25H24Cl2N4O/c1-15-6-3-4-7-18(15)21-8-5-13-30(21)25(32)23-16(2)29-22-11-12-28-31(22)24(23)17-9-10-19(26)20(27)14-17/h3-4,6-7,9-12,14,21,24,29H,5,8,13H2,1-2H3. The highest BCUT2D eigenvalue weighted by Gasteiger charge is 2.39. The van der Waals surface area contributed by atoms with Gasteiger partial charge in [0.05, 0.1) is 27.9 Å². The van der Waals surface area contributed by atoms with Crippen LogP contribution in [0.4, 0.5) is 5.82 Å². The first-order chi connectivity index (χ1) is 15.5. The number of halogens is 2. The van der Waals surface area contributed by atoms with E-state index in [2.05, 4.69) is 29.5 Å². The van der Waals surface area contributed by atoms with Crippen molar-refractivity contribution < 1.29 is 4.79 Å². The van der Waals surface area contributed by atoms with Crippen LogP contribution in [-0.4, -0.2) is 27.1 Å². The average Bonchev–Trinajstić information content (AvgIpc) is 3.44. The molecule has 5 rings (SSSR count). The van der Waals surface area contributed by atoms with Gasteiger partial charge in [-0.3, -0.25) is 4.79 Å². The van der Waals surface area contributed by atoms with E-state index in [-0.39, 0.29) is 18.0 Å². The molecule has 164 valence electrons. The molecule has 32 heavy (non-hydrogen) atoms. The lowest BCUT2D eigenvalue weighted by atomic mass is 9.93. The molecule has 1 fully saturated rings. The first-order valence-corrected chi connectivity index (χ1v) is 11.5. The lowest BCUT2D eigenvalue weighted by molar-refractivity contribution is -0.128. The molecule has 1 amide bonds. The van der Waals surface area contributed by atoms with Gasteiger partial charge in [0.2, 0.25) is 0 Å². The summed E-state index contributed by atoms with van der Waals surface area (Å²) in [5.41, 5.74) is 4.81. The molecule has 0 bridgehead atoms. The highest BCUT2D eigenvalue weighted by Crippen LogP contribution is 2.41. The molecule has 0 spiro atoms. The van der Waals surface area contributed by atoms with Gasteiger partial charge in [0.1, 0.15) is 11.9 Å². The van der Waals surface area contributed by atoms with Crippen LogP contribution in [0.15, 0.2) is 66.0 Å². The number of carbonyl (C=O) groups excluding carboxylic acids is 1. The van der Waals surface area contributed by atoms with Crippen LogP contribution in [-0.2, 0) is 4.79 Å². The van der Waals surface area contributed by atoms with Gasteiger partial charge in [0.25, 0.3) is 5.91 Å². The predicted molar refractivity (Wildman–Crippen MR) is 128 cm³/mol. The first kappa shape index (κ1) is 21.1. The van der Waals surface area contributed by atoms with E-state index < -0.39 is 0 Å². The van der Waals surface area contributed by atoms with Crippen molar-refractivity contribution in [2.75, 3.05) is 11.9 Å². The highest BCUT2D eigenvalue weighted by atomic mass is 35.5. The Balaban J connectivity index is 1.59. The second-order valence-electron chi connectivity index (χ2n) is 8.41. The Labute approximate surface area is 197 Å². The summed E-state index contributed by atoms with van der Waals surface area (Å²) >= 11 is 12.5. The molecule has 1 aromatic heterocycles. The molecule has 2 unspecified atom stereocenters. The fourth-order valence-electron chi connectivity index (χ4n) is 4.92. The largest absolute Gasteiger partial charge is 0.344 e. The van der Waals surface area contributed by atoms with Gasteiger partial charge < -0.3 is 10.2 Å². The number of anilines is 1. The van der Waals surface area contributed by atoms with Crippen LogP contribution in [0, 0.1) is 6.92 Å². The fraction of sp³-hybridized carbons (Fsp3) is 0.280. The van der Waals surface area contributed by atoms with Crippen molar-refractivity contribution in [2.24, 2.45) is 0 Å². The van der Waals surface area contributed by atoms with Crippen molar-refractivity contribution in [1.82, 2.24) is 14.7 Å². The number of allylic oxidation sites excluding steroid dienone is 1. The van der Waals surface area contributed by atoms with Crippen molar-refractivity contribution in [2.45, 2.75) is 38.8 Å². The summed E-state index contributed by atoms with van der Waals surface area (Å²) in [5, 5.41) is 8.83. The molecular formula is C25H24Cl2N4O. The Bertz CT molecular complexity index is 1230. The van der Waals surface area contributed by atoms with E-state index in [0.29, 0.717) is 15.6 Å². The number of hydrogen-bond donors (Lipinski definition) is 1. The minimum absolute atomic E-state index is 0.0259. The van der Waals surface area contributed by atoms with Gasteiger partial charge in [0, 0.05) is 18.3 Å². The molecule has 0 saturated carbocycles. The lowest BCUT2D eigenvalue weighted by Gasteiger charge is -2.34. The van der Waals surface area contributed by atoms with Crippen LogP contribution in [0.2, 0.25) is 10.0 Å². The Morgan fingerprint density at radius 2 is 1.91 bits per heavy atom. The maximum atomic E-state index is 14.1. The molecule has 3 aromatic rings. The smallest absolute Gasteiger partial charge is 0.254 e. The van der Waals surface area contributed by atoms with Gasteiger partial charge in [-0.05, 0) is 55.5 Å². The molecule has 3 heterocycles. The van der Waals surface area contributed by atoms with Crippen molar-refractivity contribution >= 4 is 34.9 Å². The molecule has 7 heteroatoms. The Kier molecular flexibility index (Phi) is 5.48. The van der Waals surface area contributed by atoms with Crippen LogP contribution >= 0.6 is 23.2 Å². The number of rotatable bonds is 3. The quantitative estimate of drug-likeness (QED) is 0.503. The molecule has 2 aromatic carbocycles. The molecule has 5 nitrogen and oxygen atoms in total. The number of amides is 1. The van der Waals surface area contributed by atoms with Crippen molar-refractivity contribution in [1.29, 1.82) is 0 Å². The summed E-state index contributed by atoms with van der Waals surface area (Å²) in [6.45, 7) is 4.79. The third kappa shape index (κ3) is 3.50. The van der Waals surface area contributed by atoms with Crippen LogP contribution < -0.4 is 5.32 Å². The number of carbonyl (C=O) groups is 1. The van der Waals surface area contributed by atoms with Gasteiger partial charge in [-0.15, -0.1) is 0 Å². The van der Waals surface area contributed by atoms with E-state index >= 15 is 0 Å². The summed E-state index contributed by atoms with van der Waals surface area (Å²) < 4.78 is 1.85. The Morgan fingerprint density at radius 1 is 1.09 bits per heavy atom. The number of nitrogens with zero attached hydrogens (tertiary/aromatic N) is 3. The van der Waals surface area contributed by atoms with Gasteiger partial charge in [-0.1, -0.05) is 53.5 Å². The number of aromatic nitrogens is 2. The maximum Gasteiger partial charge on any atom is 0.254 e. The monoisotopic (exact) mass is 466 g/mol. The second kappa shape index (κ2) is 8.30. The summed E-state index contributed by atoms with van der Waals surface area (Å²) in [7, 11) is 0. The molecule has 2 aliphatic rings. The zero-order valence-electron chi connectivity index (χ0n) is 18.0. The van der Waals surface area contributed by atoms with E-state index in [1.807, 2.05) is 46.8 Å². The van der Waals surface area contributed by atoms with Gasteiger partial charge in [-0.2, -0.15) is 5.10 Å². The normalized spacial score (nSPS) is 20.3. The Morgan fingerprint density at radius 3 is 2.69 bits per heavy atom. The third-order valence-electron chi connectivity index (χ3n) is 6.46. The van der Waals surface area contributed by atoms with E-state index in [1.165, 1.54) is 11.1 Å². The maximum absolute atomic E-state index is 14.1. The zero-order valence-corrected chi connectivity index (χ0v) is 19.5. The second-order valence-corrected chi connectivity index (χ2v) is 9.23. The minimum Gasteiger partial charge on any atom is -0.344 e. The molecule has 0 aliphatic carbocycles. The van der Waals surface area contributed by atoms with E-state index in [1.54, 1.807) is 12.3 Å². The van der Waals surface area contributed by atoms with Gasteiger partial charge >= 0.3 is 0 Å². The summed E-state index contributed by atoms with van der Waals surface area (Å²) in [4.78, 5) is 16.1. The molecule has 1 saturated heterocycles. The SMILES string of the molecule is CC1=C(C(=O)N2CCCC2c2ccccc2C)C(c2ccc(Cl)c(Cl)c2)n2nccc2N1. The van der Waals surface area contributed by atoms with E-state index in [0.717, 1.165) is 36.5 Å². The summed E-state index contributed by atoms with van der Waals surface area (Å²) in [5.74, 6) is 0.866. The molecule has 2 atom stereocenters. The van der Waals surface area contributed by atoms with Gasteiger partial charge in [0.15, 0.2) is 0 Å². The van der Waals surface area contributed by atoms with Crippen LogP contribution in [0.3, 0.4) is 0 Å². The van der Waals surface area contributed by atoms with Crippen LogP contribution in [0.25, 0.3) is 0 Å². The number of aryl methyl sites for hydroxylation is 1. The average molecular weight is 467 g/mol. The van der Waals surface area contributed by atoms with E-state index in [9.17, 15) is 4.79 Å². The minimum atomic E-state index is -0.387. The molecular weight excluding hydrogens is 443 g/mol. The number of benzene rings is 2. The fourth-order valence-corrected chi connectivity index (χ4v) is 5.23. The number of hydrogen-bond acceptors (Lipinski definition) is 3. The third-order valence-corrected chi connectivity index (χ3v) is 7.20. The molecule has 1 N–H and O–H groups in total. The van der Waals surface area contributed by atoms with Crippen LogP contribution in [0.5, 0.6) is 0 Å². The topological polar surface area (TPSA) is 50.2 Å². The zero-order chi connectivity index (χ0) is 22.4. The molecule has 0 radical (unpaired) electrons. The van der Waals surface area contributed by atoms with Crippen molar-refractivity contribution in [3.63, 3.8) is 0 Å². The first-order valence-electron chi connectivity index (χ1n) is 10.8. The summed E-state index contributed by atoms with van der Waals surface area (Å²) in [6, 6.07) is 15.4. The summed E-state index contributed by atoms with van der Waals surface area (Å²) in [6.07, 6.45) is 3.68. The van der Waals surface area contributed by atoms with Crippen molar-refractivity contribution in [3.8, 4) is 0 Å². The van der Waals surface area contributed by atoms with E-state index in [4.69, 9.17) is 23.2 Å². The van der Waals surface area contributed by atoms with Gasteiger partial charge in [-0.25, -0.2) is 4.68 Å². The highest BCUT2D eigenvalue weighted by molar-refractivity contribution is 6.42. The number of likely N-dealkylation sites (tertiary alicyclic amines) is 1. The predicted octanol–water partition coefficient (Wildman–Crippen LogP) is 6.15. The van der Waals surface area contributed by atoms with Crippen molar-refractivity contribution in [3.05, 3.63) is 92.7 Å². The molecule has 2 aliphatic heterocycles. The lowest BCUT2D eigenvalue weighted by Crippen LogP contribution is -2.38. The van der Waals surface area contributed by atoms with Crippen LogP contribution in [0.1, 0.15) is 48.5 Å².